The number of aromatic nitrogens is 2. The maximum atomic E-state index is 12.8. The molecule has 3 heterocycles. The van der Waals surface area contributed by atoms with Crippen LogP contribution in [0.1, 0.15) is 39.4 Å². The number of aryl methyl sites for hydroxylation is 2. The van der Waals surface area contributed by atoms with Gasteiger partial charge in [0, 0.05) is 30.5 Å². The lowest BCUT2D eigenvalue weighted by Crippen LogP contribution is -2.28. The molecule has 3 aromatic rings. The highest BCUT2D eigenvalue weighted by Crippen LogP contribution is 2.28. The first kappa shape index (κ1) is 18.2. The zero-order valence-electron chi connectivity index (χ0n) is 16.2. The van der Waals surface area contributed by atoms with Crippen molar-refractivity contribution in [3.8, 4) is 0 Å². The van der Waals surface area contributed by atoms with Crippen molar-refractivity contribution >= 4 is 17.4 Å². The van der Waals surface area contributed by atoms with Crippen LogP contribution in [-0.2, 0) is 12.8 Å². The predicted molar refractivity (Wildman–Crippen MR) is 109 cm³/mol. The zero-order valence-corrected chi connectivity index (χ0v) is 16.2. The average Bonchev–Trinajstić information content (AvgIpc) is 3.29. The van der Waals surface area contributed by atoms with Crippen LogP contribution in [-0.4, -0.2) is 29.1 Å². The summed E-state index contributed by atoms with van der Waals surface area (Å²) in [5.41, 5.74) is 4.98. The highest BCUT2D eigenvalue weighted by Gasteiger charge is 2.25. The SMILES string of the molecule is Cc1noc(C)c1CCCNc1ccc(C(=O)N2CCc3ccccc32)cn1. The Kier molecular flexibility index (Phi) is 5.10. The van der Waals surface area contributed by atoms with E-state index in [0.717, 1.165) is 55.3 Å². The van der Waals surface area contributed by atoms with E-state index in [0.29, 0.717) is 5.56 Å². The van der Waals surface area contributed by atoms with Crippen LogP contribution in [0.25, 0.3) is 0 Å². The first-order valence-corrected chi connectivity index (χ1v) is 9.65. The molecule has 1 N–H and O–H groups in total. The molecular formula is C22H24N4O2. The van der Waals surface area contributed by atoms with Gasteiger partial charge in [0.25, 0.3) is 5.91 Å². The molecule has 0 radical (unpaired) electrons. The van der Waals surface area contributed by atoms with Crippen LogP contribution in [0.4, 0.5) is 11.5 Å². The number of hydrogen-bond donors (Lipinski definition) is 1. The lowest BCUT2D eigenvalue weighted by molar-refractivity contribution is 0.0989. The van der Waals surface area contributed by atoms with E-state index in [9.17, 15) is 4.79 Å². The summed E-state index contributed by atoms with van der Waals surface area (Å²) in [4.78, 5) is 19.1. The summed E-state index contributed by atoms with van der Waals surface area (Å²) in [6, 6.07) is 11.8. The molecule has 6 nitrogen and oxygen atoms in total. The van der Waals surface area contributed by atoms with Gasteiger partial charge in [-0.15, -0.1) is 0 Å². The Morgan fingerprint density at radius 3 is 2.82 bits per heavy atom. The first-order valence-electron chi connectivity index (χ1n) is 9.65. The second-order valence-corrected chi connectivity index (χ2v) is 7.10. The van der Waals surface area contributed by atoms with Crippen LogP contribution in [0.5, 0.6) is 0 Å². The Morgan fingerprint density at radius 2 is 2.07 bits per heavy atom. The van der Waals surface area contributed by atoms with E-state index in [-0.39, 0.29) is 5.91 Å². The number of benzene rings is 1. The summed E-state index contributed by atoms with van der Waals surface area (Å²) in [6.07, 6.45) is 4.43. The monoisotopic (exact) mass is 376 g/mol. The maximum absolute atomic E-state index is 12.8. The van der Waals surface area contributed by atoms with Crippen molar-refractivity contribution < 1.29 is 9.32 Å². The molecule has 6 heteroatoms. The van der Waals surface area contributed by atoms with Crippen molar-refractivity contribution in [1.82, 2.24) is 10.1 Å². The second-order valence-electron chi connectivity index (χ2n) is 7.10. The summed E-state index contributed by atoms with van der Waals surface area (Å²) in [5, 5.41) is 7.29. The molecule has 4 rings (SSSR count). The molecule has 0 fully saturated rings. The van der Waals surface area contributed by atoms with Crippen molar-refractivity contribution in [2.45, 2.75) is 33.1 Å². The molecule has 2 aromatic heterocycles. The molecule has 1 aliphatic rings. The summed E-state index contributed by atoms with van der Waals surface area (Å²) < 4.78 is 5.19. The van der Waals surface area contributed by atoms with Crippen LogP contribution in [0.15, 0.2) is 47.1 Å². The van der Waals surface area contributed by atoms with E-state index in [1.165, 1.54) is 11.1 Å². The zero-order chi connectivity index (χ0) is 19.5. The highest BCUT2D eigenvalue weighted by atomic mass is 16.5. The summed E-state index contributed by atoms with van der Waals surface area (Å²) in [6.45, 7) is 5.43. The van der Waals surface area contributed by atoms with E-state index in [4.69, 9.17) is 4.52 Å². The minimum Gasteiger partial charge on any atom is -0.370 e. The van der Waals surface area contributed by atoms with E-state index < -0.39 is 0 Å². The summed E-state index contributed by atoms with van der Waals surface area (Å²) >= 11 is 0. The van der Waals surface area contributed by atoms with Gasteiger partial charge in [-0.1, -0.05) is 23.4 Å². The van der Waals surface area contributed by atoms with Gasteiger partial charge >= 0.3 is 0 Å². The Labute approximate surface area is 164 Å². The fourth-order valence-electron chi connectivity index (χ4n) is 3.67. The van der Waals surface area contributed by atoms with Gasteiger partial charge in [0.1, 0.15) is 11.6 Å². The standard InChI is InChI=1S/C22H24N4O2/c1-15-19(16(2)28-25-15)7-5-12-23-21-10-9-18(14-24-21)22(27)26-13-11-17-6-3-4-8-20(17)26/h3-4,6,8-10,14H,5,7,11-13H2,1-2H3,(H,23,24). The van der Waals surface area contributed by atoms with Gasteiger partial charge in [0.2, 0.25) is 0 Å². The quantitative estimate of drug-likeness (QED) is 0.660. The Bertz CT molecular complexity index is 959. The number of anilines is 2. The number of amides is 1. The number of para-hydroxylation sites is 1. The third-order valence-electron chi connectivity index (χ3n) is 5.23. The van der Waals surface area contributed by atoms with Gasteiger partial charge in [-0.2, -0.15) is 0 Å². The highest BCUT2D eigenvalue weighted by molar-refractivity contribution is 6.07. The van der Waals surface area contributed by atoms with Crippen molar-refractivity contribution in [2.75, 3.05) is 23.3 Å². The fraction of sp³-hybridized carbons (Fsp3) is 0.318. The van der Waals surface area contributed by atoms with Gasteiger partial charge in [0.15, 0.2) is 0 Å². The third-order valence-corrected chi connectivity index (χ3v) is 5.23. The van der Waals surface area contributed by atoms with E-state index in [2.05, 4.69) is 21.5 Å². The lowest BCUT2D eigenvalue weighted by atomic mass is 10.1. The molecule has 144 valence electrons. The van der Waals surface area contributed by atoms with Crippen molar-refractivity contribution in [1.29, 1.82) is 0 Å². The molecule has 1 amide bonds. The van der Waals surface area contributed by atoms with Crippen molar-refractivity contribution in [2.24, 2.45) is 0 Å². The van der Waals surface area contributed by atoms with Crippen LogP contribution in [0.3, 0.4) is 0 Å². The number of carbonyl (C=O) groups is 1. The molecule has 28 heavy (non-hydrogen) atoms. The molecule has 0 aliphatic carbocycles. The van der Waals surface area contributed by atoms with Gasteiger partial charge in [0.05, 0.1) is 11.3 Å². The van der Waals surface area contributed by atoms with Gasteiger partial charge in [-0.25, -0.2) is 4.98 Å². The number of hydrogen-bond acceptors (Lipinski definition) is 5. The third kappa shape index (κ3) is 3.63. The van der Waals surface area contributed by atoms with Crippen LogP contribution in [0, 0.1) is 13.8 Å². The lowest BCUT2D eigenvalue weighted by Gasteiger charge is -2.17. The van der Waals surface area contributed by atoms with Gasteiger partial charge < -0.3 is 14.7 Å². The maximum Gasteiger partial charge on any atom is 0.259 e. The summed E-state index contributed by atoms with van der Waals surface area (Å²) in [5.74, 6) is 1.67. The molecule has 0 bridgehead atoms. The molecule has 0 saturated carbocycles. The van der Waals surface area contributed by atoms with Gasteiger partial charge in [-0.05, 0) is 56.9 Å². The normalized spacial score (nSPS) is 12.9. The number of nitrogens with zero attached hydrogens (tertiary/aromatic N) is 3. The van der Waals surface area contributed by atoms with Crippen LogP contribution >= 0.6 is 0 Å². The minimum atomic E-state index is 0.00223. The second kappa shape index (κ2) is 7.84. The van der Waals surface area contributed by atoms with Crippen molar-refractivity contribution in [3.63, 3.8) is 0 Å². The molecule has 1 aliphatic heterocycles. The van der Waals surface area contributed by atoms with E-state index >= 15 is 0 Å². The number of nitrogens with one attached hydrogen (secondary N) is 1. The van der Waals surface area contributed by atoms with E-state index in [1.54, 1.807) is 6.20 Å². The molecule has 1 aromatic carbocycles. The Hall–Kier alpha value is -3.15. The average molecular weight is 376 g/mol. The number of rotatable bonds is 6. The largest absolute Gasteiger partial charge is 0.370 e. The molecule has 0 unspecified atom stereocenters. The molecule has 0 spiro atoms. The number of pyridine rings is 1. The Balaban J connectivity index is 1.32. The minimum absolute atomic E-state index is 0.00223. The Morgan fingerprint density at radius 1 is 1.21 bits per heavy atom. The molecule has 0 atom stereocenters. The molecule has 0 saturated heterocycles. The van der Waals surface area contributed by atoms with Crippen LogP contribution < -0.4 is 10.2 Å². The smallest absolute Gasteiger partial charge is 0.259 e. The summed E-state index contributed by atoms with van der Waals surface area (Å²) in [7, 11) is 0. The first-order chi connectivity index (χ1) is 13.6. The number of fused-ring (bicyclic) bond motifs is 1. The topological polar surface area (TPSA) is 71.3 Å². The van der Waals surface area contributed by atoms with Crippen molar-refractivity contribution in [3.05, 3.63) is 70.7 Å². The number of carbonyl (C=O) groups excluding carboxylic acids is 1. The predicted octanol–water partition coefficient (Wildman–Crippen LogP) is 3.93. The molecular weight excluding hydrogens is 352 g/mol. The van der Waals surface area contributed by atoms with Gasteiger partial charge in [-0.3, -0.25) is 4.79 Å². The van der Waals surface area contributed by atoms with Crippen LogP contribution in [0.2, 0.25) is 0 Å². The van der Waals surface area contributed by atoms with E-state index in [1.807, 2.05) is 49.1 Å². The fourth-order valence-corrected chi connectivity index (χ4v) is 3.67.